The molecule has 2 unspecified atom stereocenters. The number of para-hydroxylation sites is 1. The first kappa shape index (κ1) is 21.1. The summed E-state index contributed by atoms with van der Waals surface area (Å²) in [5.74, 6) is 0.289. The van der Waals surface area contributed by atoms with Gasteiger partial charge in [-0.25, -0.2) is 0 Å². The van der Waals surface area contributed by atoms with Crippen molar-refractivity contribution in [3.8, 4) is 5.75 Å². The van der Waals surface area contributed by atoms with Crippen molar-refractivity contribution in [3.05, 3.63) is 65.2 Å². The summed E-state index contributed by atoms with van der Waals surface area (Å²) in [6, 6.07) is 14.8. The third kappa shape index (κ3) is 4.71. The number of halogens is 3. The first-order chi connectivity index (χ1) is 13.8. The van der Waals surface area contributed by atoms with Gasteiger partial charge < -0.3 is 20.1 Å². The number of rotatable bonds is 6. The Morgan fingerprint density at radius 1 is 1.21 bits per heavy atom. The molecule has 29 heavy (non-hydrogen) atoms. The van der Waals surface area contributed by atoms with E-state index in [1.54, 1.807) is 12.0 Å². The summed E-state index contributed by atoms with van der Waals surface area (Å²) in [5, 5.41) is 11.5. The van der Waals surface area contributed by atoms with Gasteiger partial charge in [-0.05, 0) is 23.6 Å². The molecule has 0 aromatic heterocycles. The maximum Gasteiger partial charge on any atom is 0.415 e. The number of hydrogen-bond acceptors (Lipinski definition) is 4. The molecule has 2 N–H and O–H groups in total. The van der Waals surface area contributed by atoms with Crippen LogP contribution in [0.1, 0.15) is 22.7 Å². The summed E-state index contributed by atoms with van der Waals surface area (Å²) in [5.41, 5.74) is 2.89. The van der Waals surface area contributed by atoms with E-state index in [4.69, 9.17) is 9.84 Å². The average molecular weight is 408 g/mol. The number of amides is 1. The van der Waals surface area contributed by atoms with E-state index >= 15 is 0 Å². The summed E-state index contributed by atoms with van der Waals surface area (Å²) in [4.78, 5) is 14.5. The molecular weight excluding hydrogens is 385 g/mol. The minimum atomic E-state index is -4.72. The van der Waals surface area contributed by atoms with Gasteiger partial charge >= 0.3 is 6.18 Å². The Kier molecular flexibility index (Phi) is 6.44. The summed E-state index contributed by atoms with van der Waals surface area (Å²) in [6.07, 6.45) is -6.58. The predicted molar refractivity (Wildman–Crippen MR) is 102 cm³/mol. The fraction of sp³-hybridized carbons (Fsp3) is 0.381. The van der Waals surface area contributed by atoms with E-state index in [0.717, 1.165) is 16.7 Å². The summed E-state index contributed by atoms with van der Waals surface area (Å²) in [6.45, 7) is -0.609. The Hall–Kier alpha value is -2.58. The fourth-order valence-corrected chi connectivity index (χ4v) is 3.60. The maximum atomic E-state index is 12.9. The van der Waals surface area contributed by atoms with Crippen LogP contribution in [0.5, 0.6) is 5.75 Å². The second-order valence-electron chi connectivity index (χ2n) is 6.87. The number of nitrogens with zero attached hydrogens (tertiary/aromatic N) is 1. The number of hydrogen-bond donors (Lipinski definition) is 2. The van der Waals surface area contributed by atoms with E-state index in [0.29, 0.717) is 18.7 Å². The molecule has 0 fully saturated rings. The van der Waals surface area contributed by atoms with Crippen LogP contribution < -0.4 is 10.1 Å². The third-order valence-corrected chi connectivity index (χ3v) is 5.03. The van der Waals surface area contributed by atoms with Gasteiger partial charge in [0.25, 0.3) is 0 Å². The van der Waals surface area contributed by atoms with Crippen molar-refractivity contribution in [1.82, 2.24) is 10.2 Å². The molecule has 8 heteroatoms. The lowest BCUT2D eigenvalue weighted by Gasteiger charge is -2.38. The highest BCUT2D eigenvalue weighted by molar-refractivity contribution is 5.80. The van der Waals surface area contributed by atoms with E-state index < -0.39 is 24.9 Å². The number of ether oxygens (including phenoxy) is 1. The molecule has 3 rings (SSSR count). The topological polar surface area (TPSA) is 61.8 Å². The number of aliphatic hydroxyl groups is 1. The zero-order valence-corrected chi connectivity index (χ0v) is 15.9. The normalized spacial score (nSPS) is 17.6. The molecule has 0 aliphatic carbocycles. The smallest absolute Gasteiger partial charge is 0.415 e. The fourth-order valence-electron chi connectivity index (χ4n) is 3.60. The number of fused-ring (bicyclic) bond motifs is 1. The van der Waals surface area contributed by atoms with Gasteiger partial charge in [0.15, 0.2) is 6.10 Å². The van der Waals surface area contributed by atoms with Crippen molar-refractivity contribution >= 4 is 5.91 Å². The van der Waals surface area contributed by atoms with Crippen LogP contribution in [0.4, 0.5) is 13.2 Å². The van der Waals surface area contributed by atoms with E-state index in [9.17, 15) is 18.0 Å². The Morgan fingerprint density at radius 3 is 2.55 bits per heavy atom. The molecule has 2 aromatic rings. The number of benzene rings is 2. The molecule has 0 bridgehead atoms. The molecule has 156 valence electrons. The Labute approximate surface area is 167 Å². The molecule has 0 saturated carbocycles. The molecule has 1 aliphatic heterocycles. The Bertz CT molecular complexity index is 857. The molecule has 0 spiro atoms. The van der Waals surface area contributed by atoms with Gasteiger partial charge in [-0.15, -0.1) is 0 Å². The van der Waals surface area contributed by atoms with Crippen molar-refractivity contribution in [3.63, 3.8) is 0 Å². The minimum absolute atomic E-state index is 0.305. The highest BCUT2D eigenvalue weighted by atomic mass is 19.4. The zero-order chi connectivity index (χ0) is 21.0. The van der Waals surface area contributed by atoms with E-state index in [2.05, 4.69) is 5.32 Å². The quantitative estimate of drug-likeness (QED) is 0.772. The van der Waals surface area contributed by atoms with Crippen LogP contribution in [-0.4, -0.2) is 54.9 Å². The van der Waals surface area contributed by atoms with Gasteiger partial charge in [-0.2, -0.15) is 13.2 Å². The predicted octanol–water partition coefficient (Wildman–Crippen LogP) is 2.68. The molecule has 5 nitrogen and oxygen atoms in total. The summed E-state index contributed by atoms with van der Waals surface area (Å²) < 4.78 is 42.9. The van der Waals surface area contributed by atoms with Crippen LogP contribution in [0.25, 0.3) is 0 Å². The highest BCUT2D eigenvalue weighted by Gasteiger charge is 2.38. The van der Waals surface area contributed by atoms with E-state index in [-0.39, 0.29) is 12.5 Å². The molecule has 1 heterocycles. The number of nitrogens with one attached hydrogen (secondary N) is 1. The Balaban J connectivity index is 1.84. The summed E-state index contributed by atoms with van der Waals surface area (Å²) >= 11 is 0. The van der Waals surface area contributed by atoms with Crippen LogP contribution in [0.2, 0.25) is 0 Å². The van der Waals surface area contributed by atoms with Crippen LogP contribution in [0, 0.1) is 0 Å². The van der Waals surface area contributed by atoms with Crippen molar-refractivity contribution < 1.29 is 27.8 Å². The zero-order valence-electron chi connectivity index (χ0n) is 15.9. The van der Waals surface area contributed by atoms with E-state index in [1.807, 2.05) is 48.5 Å². The molecule has 1 aliphatic rings. The molecule has 0 radical (unpaired) electrons. The minimum Gasteiger partial charge on any atom is -0.496 e. The number of aliphatic hydroxyl groups excluding tert-OH is 1. The highest BCUT2D eigenvalue weighted by Crippen LogP contribution is 2.39. The first-order valence-electron chi connectivity index (χ1n) is 9.28. The van der Waals surface area contributed by atoms with Gasteiger partial charge in [0.05, 0.1) is 19.7 Å². The second-order valence-corrected chi connectivity index (χ2v) is 6.87. The average Bonchev–Trinajstić information content (AvgIpc) is 2.72. The molecule has 1 amide bonds. The van der Waals surface area contributed by atoms with Crippen molar-refractivity contribution in [2.24, 2.45) is 0 Å². The van der Waals surface area contributed by atoms with E-state index in [1.165, 1.54) is 0 Å². The lowest BCUT2D eigenvalue weighted by atomic mass is 9.87. The lowest BCUT2D eigenvalue weighted by Crippen LogP contribution is -2.47. The first-order valence-corrected chi connectivity index (χ1v) is 9.28. The molecule has 2 atom stereocenters. The van der Waals surface area contributed by atoms with Crippen LogP contribution in [0.15, 0.2) is 48.5 Å². The largest absolute Gasteiger partial charge is 0.496 e. The number of alkyl halides is 3. The molecule has 0 saturated heterocycles. The maximum absolute atomic E-state index is 12.9. The lowest BCUT2D eigenvalue weighted by molar-refractivity contribution is -0.201. The molecule has 2 aromatic carbocycles. The third-order valence-electron chi connectivity index (χ3n) is 5.03. The van der Waals surface area contributed by atoms with Gasteiger partial charge in [0.1, 0.15) is 5.75 Å². The number of carbonyl (C=O) groups is 1. The van der Waals surface area contributed by atoms with Crippen molar-refractivity contribution in [2.75, 3.05) is 26.7 Å². The van der Waals surface area contributed by atoms with Crippen molar-refractivity contribution in [2.45, 2.75) is 24.7 Å². The van der Waals surface area contributed by atoms with Gasteiger partial charge in [-0.3, -0.25) is 4.79 Å². The number of methoxy groups -OCH3 is 1. The van der Waals surface area contributed by atoms with Crippen LogP contribution in [0.3, 0.4) is 0 Å². The number of carbonyl (C=O) groups excluding carboxylic acids is 1. The van der Waals surface area contributed by atoms with Crippen LogP contribution in [-0.2, 0) is 11.2 Å². The summed E-state index contributed by atoms with van der Waals surface area (Å²) in [7, 11) is 1.56. The van der Waals surface area contributed by atoms with Crippen molar-refractivity contribution in [1.29, 1.82) is 0 Å². The van der Waals surface area contributed by atoms with Gasteiger partial charge in [-0.1, -0.05) is 42.5 Å². The van der Waals surface area contributed by atoms with Gasteiger partial charge in [0, 0.05) is 18.7 Å². The molecular formula is C21H23F3N2O3. The SMILES string of the molecule is COc1ccccc1C1c2ccccc2CCN1C(=O)CNCC(O)C(F)(F)F. The van der Waals surface area contributed by atoms with Gasteiger partial charge in [0.2, 0.25) is 5.91 Å². The second kappa shape index (κ2) is 8.84. The standard InChI is InChI=1S/C21H23F3N2O3/c1-29-17-9-5-4-8-16(17)20-15-7-3-2-6-14(15)10-11-26(20)19(28)13-25-12-18(27)21(22,23)24/h2-9,18,20,25,27H,10-13H2,1H3. The monoisotopic (exact) mass is 408 g/mol. The Morgan fingerprint density at radius 2 is 1.86 bits per heavy atom. The van der Waals surface area contributed by atoms with Crippen LogP contribution >= 0.6 is 0 Å².